The van der Waals surface area contributed by atoms with E-state index >= 15 is 0 Å². The molecule has 2 aliphatic carbocycles. The first-order valence-corrected chi connectivity index (χ1v) is 8.81. The van der Waals surface area contributed by atoms with Gasteiger partial charge in [-0.15, -0.1) is 0 Å². The maximum absolute atomic E-state index is 4.75. The molecule has 0 aromatic carbocycles. The highest BCUT2D eigenvalue weighted by molar-refractivity contribution is 8.14. The number of aliphatic imine (C=N–C) groups is 1. The second kappa shape index (κ2) is 4.68. The van der Waals surface area contributed by atoms with E-state index in [-0.39, 0.29) is 0 Å². The summed E-state index contributed by atoms with van der Waals surface area (Å²) in [6.45, 7) is 10.7. The summed E-state index contributed by atoms with van der Waals surface area (Å²) in [6.07, 6.45) is 6.81. The fourth-order valence-corrected chi connectivity index (χ4v) is 5.91. The molecule has 1 heterocycles. The highest BCUT2D eigenvalue weighted by atomic mass is 32.2. The first kappa shape index (κ1) is 13.8. The normalized spacial score (nSPS) is 43.6. The topological polar surface area (TPSA) is 24.4 Å². The van der Waals surface area contributed by atoms with Crippen LogP contribution >= 0.6 is 11.8 Å². The van der Waals surface area contributed by atoms with E-state index in [2.05, 4.69) is 33.0 Å². The monoisotopic (exact) mass is 280 g/mol. The van der Waals surface area contributed by atoms with E-state index in [1.54, 1.807) is 0 Å². The Balaban J connectivity index is 1.67. The molecule has 0 amide bonds. The van der Waals surface area contributed by atoms with Crippen molar-refractivity contribution in [3.05, 3.63) is 0 Å². The molecule has 0 aromatic rings. The largest absolute Gasteiger partial charge is 0.361 e. The summed E-state index contributed by atoms with van der Waals surface area (Å²) in [4.78, 5) is 4.75. The van der Waals surface area contributed by atoms with Crippen molar-refractivity contribution in [1.29, 1.82) is 0 Å². The lowest BCUT2D eigenvalue weighted by Gasteiger charge is -2.43. The van der Waals surface area contributed by atoms with Crippen LogP contribution in [-0.2, 0) is 0 Å². The van der Waals surface area contributed by atoms with Gasteiger partial charge in [-0.25, -0.2) is 0 Å². The van der Waals surface area contributed by atoms with Gasteiger partial charge in [0.1, 0.15) is 0 Å². The molecule has 4 atom stereocenters. The SMILES string of the molecule is CCCC1CN=C(NC2C3(C)CCC(C3)C2(C)C)S1. The van der Waals surface area contributed by atoms with Crippen LogP contribution in [0.1, 0.15) is 59.8 Å². The Morgan fingerprint density at radius 1 is 1.37 bits per heavy atom. The number of nitrogens with one attached hydrogen (secondary N) is 1. The van der Waals surface area contributed by atoms with Crippen molar-refractivity contribution >= 4 is 16.9 Å². The van der Waals surface area contributed by atoms with Gasteiger partial charge in [0.15, 0.2) is 5.17 Å². The smallest absolute Gasteiger partial charge is 0.157 e. The zero-order valence-electron chi connectivity index (χ0n) is 12.8. The zero-order valence-corrected chi connectivity index (χ0v) is 13.6. The molecule has 0 aromatic heterocycles. The standard InChI is InChI=1S/C16H28N2S/c1-5-6-12-10-17-14(19-12)18-13-15(2,3)11-7-8-16(13,4)9-11/h11-13H,5-10H2,1-4H3,(H,17,18). The third-order valence-electron chi connectivity index (χ3n) is 5.87. The summed E-state index contributed by atoms with van der Waals surface area (Å²) in [7, 11) is 0. The molecule has 108 valence electrons. The lowest BCUT2D eigenvalue weighted by atomic mass is 9.68. The molecule has 0 radical (unpaired) electrons. The second-order valence-electron chi connectivity index (χ2n) is 7.67. The van der Waals surface area contributed by atoms with Gasteiger partial charge in [0.05, 0.1) is 6.54 Å². The van der Waals surface area contributed by atoms with Gasteiger partial charge in [-0.1, -0.05) is 45.9 Å². The van der Waals surface area contributed by atoms with Crippen LogP contribution in [-0.4, -0.2) is 23.0 Å². The minimum atomic E-state index is 0.429. The Kier molecular flexibility index (Phi) is 3.40. The second-order valence-corrected chi connectivity index (χ2v) is 8.96. The highest BCUT2D eigenvalue weighted by Crippen LogP contribution is 2.62. The number of rotatable bonds is 3. The van der Waals surface area contributed by atoms with Gasteiger partial charge in [-0.3, -0.25) is 4.99 Å². The molecule has 19 heavy (non-hydrogen) atoms. The van der Waals surface area contributed by atoms with Gasteiger partial charge in [0, 0.05) is 11.3 Å². The van der Waals surface area contributed by atoms with Crippen LogP contribution < -0.4 is 5.32 Å². The van der Waals surface area contributed by atoms with Crippen LogP contribution in [0.5, 0.6) is 0 Å². The molecule has 1 aliphatic heterocycles. The van der Waals surface area contributed by atoms with Crippen LogP contribution in [0, 0.1) is 16.7 Å². The Morgan fingerprint density at radius 3 is 2.79 bits per heavy atom. The Hall–Kier alpha value is -0.180. The van der Waals surface area contributed by atoms with Gasteiger partial charge >= 0.3 is 0 Å². The molecule has 1 N–H and O–H groups in total. The molecule has 0 saturated heterocycles. The predicted molar refractivity (Wildman–Crippen MR) is 84.7 cm³/mol. The van der Waals surface area contributed by atoms with Crippen LogP contribution in [0.25, 0.3) is 0 Å². The van der Waals surface area contributed by atoms with Crippen molar-refractivity contribution in [1.82, 2.24) is 5.32 Å². The van der Waals surface area contributed by atoms with Gasteiger partial charge in [0.25, 0.3) is 0 Å². The van der Waals surface area contributed by atoms with Crippen molar-refractivity contribution in [3.63, 3.8) is 0 Å². The van der Waals surface area contributed by atoms with Crippen molar-refractivity contribution in [2.45, 2.75) is 71.1 Å². The molecule has 2 nitrogen and oxygen atoms in total. The quantitative estimate of drug-likeness (QED) is 0.843. The van der Waals surface area contributed by atoms with E-state index in [1.165, 1.54) is 37.3 Å². The van der Waals surface area contributed by atoms with E-state index in [9.17, 15) is 0 Å². The van der Waals surface area contributed by atoms with Crippen LogP contribution in [0.3, 0.4) is 0 Å². The number of amidine groups is 1. The maximum Gasteiger partial charge on any atom is 0.157 e. The Bertz CT molecular complexity index is 385. The fourth-order valence-electron chi connectivity index (χ4n) is 4.75. The number of hydrogen-bond donors (Lipinski definition) is 1. The molecule has 3 rings (SSSR count). The van der Waals surface area contributed by atoms with E-state index in [0.29, 0.717) is 16.9 Å². The molecular weight excluding hydrogens is 252 g/mol. The van der Waals surface area contributed by atoms with Gasteiger partial charge in [0.2, 0.25) is 0 Å². The molecule has 4 unspecified atom stereocenters. The van der Waals surface area contributed by atoms with Gasteiger partial charge < -0.3 is 5.32 Å². The highest BCUT2D eigenvalue weighted by Gasteiger charge is 2.59. The van der Waals surface area contributed by atoms with Crippen LogP contribution in [0.4, 0.5) is 0 Å². The van der Waals surface area contributed by atoms with E-state index in [1.807, 2.05) is 11.8 Å². The summed E-state index contributed by atoms with van der Waals surface area (Å²) < 4.78 is 0. The predicted octanol–water partition coefficient (Wildman–Crippen LogP) is 4.06. The van der Waals surface area contributed by atoms with Crippen molar-refractivity contribution in [2.24, 2.45) is 21.7 Å². The first-order chi connectivity index (χ1) is 8.95. The number of nitrogens with zero attached hydrogens (tertiary/aromatic N) is 1. The molecule has 2 saturated carbocycles. The molecular formula is C16H28N2S. The zero-order chi connectivity index (χ0) is 13.7. The summed E-state index contributed by atoms with van der Waals surface area (Å²) >= 11 is 1.99. The molecule has 2 bridgehead atoms. The minimum absolute atomic E-state index is 0.429. The number of thioether (sulfide) groups is 1. The summed E-state index contributed by atoms with van der Waals surface area (Å²) in [5, 5.41) is 5.79. The van der Waals surface area contributed by atoms with Crippen molar-refractivity contribution in [3.8, 4) is 0 Å². The van der Waals surface area contributed by atoms with E-state index in [4.69, 9.17) is 4.99 Å². The minimum Gasteiger partial charge on any atom is -0.361 e. The van der Waals surface area contributed by atoms with E-state index < -0.39 is 0 Å². The average Bonchev–Trinajstić information content (AvgIpc) is 2.97. The van der Waals surface area contributed by atoms with Crippen LogP contribution in [0.15, 0.2) is 4.99 Å². The summed E-state index contributed by atoms with van der Waals surface area (Å²) in [5.41, 5.74) is 0.930. The Labute approximate surface area is 122 Å². The maximum atomic E-state index is 4.75. The number of hydrogen-bond acceptors (Lipinski definition) is 3. The molecule has 2 fully saturated rings. The summed E-state index contributed by atoms with van der Waals surface area (Å²) in [5.74, 6) is 0.911. The first-order valence-electron chi connectivity index (χ1n) is 7.93. The lowest BCUT2D eigenvalue weighted by molar-refractivity contribution is 0.126. The molecule has 3 aliphatic rings. The average molecular weight is 280 g/mol. The third-order valence-corrected chi connectivity index (χ3v) is 7.05. The number of fused-ring (bicyclic) bond motifs is 2. The fraction of sp³-hybridized carbons (Fsp3) is 0.938. The van der Waals surface area contributed by atoms with Crippen molar-refractivity contribution in [2.75, 3.05) is 6.54 Å². The third kappa shape index (κ3) is 2.22. The van der Waals surface area contributed by atoms with Gasteiger partial charge in [-0.2, -0.15) is 0 Å². The molecule has 3 heteroatoms. The summed E-state index contributed by atoms with van der Waals surface area (Å²) in [6, 6.07) is 0.616. The van der Waals surface area contributed by atoms with Crippen LogP contribution in [0.2, 0.25) is 0 Å². The van der Waals surface area contributed by atoms with E-state index in [0.717, 1.165) is 17.7 Å². The Morgan fingerprint density at radius 2 is 2.16 bits per heavy atom. The lowest BCUT2D eigenvalue weighted by Crippen LogP contribution is -2.51. The van der Waals surface area contributed by atoms with Gasteiger partial charge in [-0.05, 0) is 42.4 Å². The van der Waals surface area contributed by atoms with Crippen molar-refractivity contribution < 1.29 is 0 Å². The molecule has 0 spiro atoms.